The third kappa shape index (κ3) is 7.07. The number of hydrogen-bond acceptors (Lipinski definition) is 4. The van der Waals surface area contributed by atoms with E-state index in [1.807, 2.05) is 6.20 Å². The van der Waals surface area contributed by atoms with Crippen molar-refractivity contribution in [2.45, 2.75) is 45.6 Å². The van der Waals surface area contributed by atoms with Gasteiger partial charge in [0.1, 0.15) is 12.4 Å². The Morgan fingerprint density at radius 1 is 1.33 bits per heavy atom. The van der Waals surface area contributed by atoms with Gasteiger partial charge in [0.25, 0.3) is 0 Å². The Bertz CT molecular complexity index is 605. The summed E-state index contributed by atoms with van der Waals surface area (Å²) in [4.78, 5) is 24.7. The molecular weight excluding hydrogens is 340 g/mol. The molecule has 0 radical (unpaired) electrons. The molecule has 1 aromatic heterocycles. The molecule has 0 unspecified atom stereocenters. The molecular formula is C20H34N6O. The van der Waals surface area contributed by atoms with Crippen molar-refractivity contribution in [1.29, 1.82) is 0 Å². The molecule has 2 heterocycles. The minimum absolute atomic E-state index is 0.00635. The molecule has 1 fully saturated rings. The molecule has 1 saturated heterocycles. The summed E-state index contributed by atoms with van der Waals surface area (Å²) >= 11 is 0. The van der Waals surface area contributed by atoms with Crippen LogP contribution in [0.5, 0.6) is 0 Å². The Morgan fingerprint density at radius 3 is 2.67 bits per heavy atom. The molecule has 7 heteroatoms. The maximum Gasteiger partial charge on any atom is 0.243 e. The highest BCUT2D eigenvalue weighted by atomic mass is 16.2. The minimum Gasteiger partial charge on any atom is -0.356 e. The predicted molar refractivity (Wildman–Crippen MR) is 111 cm³/mol. The summed E-state index contributed by atoms with van der Waals surface area (Å²) in [5, 5.41) is 6.86. The number of unbranched alkanes of at least 4 members (excludes halogenated alkanes) is 1. The van der Waals surface area contributed by atoms with Gasteiger partial charge < -0.3 is 20.4 Å². The molecule has 1 amide bonds. The molecule has 0 saturated carbocycles. The molecule has 1 aliphatic rings. The largest absolute Gasteiger partial charge is 0.356 e. The summed E-state index contributed by atoms with van der Waals surface area (Å²) < 4.78 is 0. The zero-order valence-corrected chi connectivity index (χ0v) is 17.2. The fraction of sp³-hybridized carbons (Fsp3) is 0.650. The Kier molecular flexibility index (Phi) is 8.36. The first-order chi connectivity index (χ1) is 13.0. The van der Waals surface area contributed by atoms with Gasteiger partial charge in [-0.3, -0.25) is 4.79 Å². The second kappa shape index (κ2) is 10.7. The van der Waals surface area contributed by atoms with Gasteiger partial charge in [0, 0.05) is 46.0 Å². The zero-order valence-electron chi connectivity index (χ0n) is 17.2. The first-order valence-electron chi connectivity index (χ1n) is 9.92. The number of amides is 1. The predicted octanol–water partition coefficient (Wildman–Crippen LogP) is 1.78. The van der Waals surface area contributed by atoms with Gasteiger partial charge >= 0.3 is 0 Å². The summed E-state index contributed by atoms with van der Waals surface area (Å²) in [6.07, 6.45) is 6.17. The number of aromatic nitrogens is 1. The number of anilines is 1. The standard InChI is InChI=1S/C20H34N6O/c1-5-6-11-21-20(23-15-19(27)25(3)4)24-17-9-12-26(13-10-17)18-8-7-16(2)14-22-18/h7-8,14,17H,5-6,9-13,15H2,1-4H3,(H2,21,23,24). The number of aliphatic imine (C=N–C) groups is 1. The van der Waals surface area contributed by atoms with E-state index in [9.17, 15) is 4.79 Å². The van der Waals surface area contributed by atoms with Crippen LogP contribution >= 0.6 is 0 Å². The van der Waals surface area contributed by atoms with Gasteiger partial charge in [-0.1, -0.05) is 19.4 Å². The van der Waals surface area contributed by atoms with Crippen molar-refractivity contribution >= 4 is 17.7 Å². The van der Waals surface area contributed by atoms with Crippen molar-refractivity contribution in [3.8, 4) is 0 Å². The smallest absolute Gasteiger partial charge is 0.243 e. The molecule has 0 aromatic carbocycles. The summed E-state index contributed by atoms with van der Waals surface area (Å²) in [6.45, 7) is 7.18. The summed E-state index contributed by atoms with van der Waals surface area (Å²) in [6, 6.07) is 4.56. The van der Waals surface area contributed by atoms with E-state index in [2.05, 4.69) is 51.5 Å². The molecule has 1 aromatic rings. The number of nitrogens with one attached hydrogen (secondary N) is 2. The van der Waals surface area contributed by atoms with Gasteiger partial charge in [-0.05, 0) is 37.8 Å². The van der Waals surface area contributed by atoms with Gasteiger partial charge in [-0.2, -0.15) is 0 Å². The molecule has 2 rings (SSSR count). The van der Waals surface area contributed by atoms with Crippen molar-refractivity contribution in [2.75, 3.05) is 45.2 Å². The molecule has 27 heavy (non-hydrogen) atoms. The Hall–Kier alpha value is -2.31. The highest BCUT2D eigenvalue weighted by Gasteiger charge is 2.21. The van der Waals surface area contributed by atoms with Gasteiger partial charge in [0.15, 0.2) is 5.96 Å². The van der Waals surface area contributed by atoms with Gasteiger partial charge in [-0.25, -0.2) is 9.98 Å². The van der Waals surface area contributed by atoms with Gasteiger partial charge in [-0.15, -0.1) is 0 Å². The number of carbonyl (C=O) groups excluding carboxylic acids is 1. The Balaban J connectivity index is 1.88. The molecule has 0 atom stereocenters. The number of aryl methyl sites for hydroxylation is 1. The van der Waals surface area contributed by atoms with Crippen molar-refractivity contribution in [3.05, 3.63) is 23.9 Å². The number of pyridine rings is 1. The lowest BCUT2D eigenvalue weighted by atomic mass is 10.1. The first kappa shape index (κ1) is 21.0. The third-order valence-corrected chi connectivity index (χ3v) is 4.75. The SMILES string of the molecule is CCCCNC(=NCC(=O)N(C)C)NC1CCN(c2ccc(C)cn2)CC1. The highest BCUT2D eigenvalue weighted by molar-refractivity contribution is 5.84. The Morgan fingerprint density at radius 2 is 2.07 bits per heavy atom. The van der Waals surface area contributed by atoms with Gasteiger partial charge in [0.2, 0.25) is 5.91 Å². The van der Waals surface area contributed by atoms with E-state index in [-0.39, 0.29) is 12.5 Å². The number of nitrogens with zero attached hydrogens (tertiary/aromatic N) is 4. The van der Waals surface area contributed by atoms with Crippen LogP contribution in [0.25, 0.3) is 0 Å². The number of hydrogen-bond donors (Lipinski definition) is 2. The van der Waals surface area contributed by atoms with E-state index >= 15 is 0 Å². The zero-order chi connectivity index (χ0) is 19.6. The number of likely N-dealkylation sites (N-methyl/N-ethyl adjacent to an activating group) is 1. The van der Waals surface area contributed by atoms with E-state index in [1.165, 1.54) is 5.56 Å². The summed E-state index contributed by atoms with van der Waals surface area (Å²) in [5.41, 5.74) is 1.18. The van der Waals surface area contributed by atoms with Crippen LogP contribution in [0.4, 0.5) is 5.82 Å². The molecule has 150 valence electrons. The maximum atomic E-state index is 11.8. The van der Waals surface area contributed by atoms with Crippen molar-refractivity contribution in [3.63, 3.8) is 0 Å². The van der Waals surface area contributed by atoms with Crippen molar-refractivity contribution < 1.29 is 4.79 Å². The number of rotatable bonds is 7. The van der Waals surface area contributed by atoms with E-state index in [4.69, 9.17) is 0 Å². The van der Waals surface area contributed by atoms with E-state index < -0.39 is 0 Å². The van der Waals surface area contributed by atoms with E-state index in [1.54, 1.807) is 19.0 Å². The molecule has 7 nitrogen and oxygen atoms in total. The third-order valence-electron chi connectivity index (χ3n) is 4.75. The van der Waals surface area contributed by atoms with Crippen LogP contribution < -0.4 is 15.5 Å². The average Bonchev–Trinajstić information content (AvgIpc) is 2.67. The summed E-state index contributed by atoms with van der Waals surface area (Å²) in [7, 11) is 3.51. The number of guanidine groups is 1. The molecule has 0 spiro atoms. The topological polar surface area (TPSA) is 72.9 Å². The quantitative estimate of drug-likeness (QED) is 0.432. The van der Waals surface area contributed by atoms with Crippen LogP contribution in [-0.2, 0) is 4.79 Å². The monoisotopic (exact) mass is 374 g/mol. The fourth-order valence-electron chi connectivity index (χ4n) is 2.92. The lowest BCUT2D eigenvalue weighted by molar-refractivity contribution is -0.127. The average molecular weight is 375 g/mol. The highest BCUT2D eigenvalue weighted by Crippen LogP contribution is 2.18. The van der Waals surface area contributed by atoms with Crippen LogP contribution in [0.2, 0.25) is 0 Å². The van der Waals surface area contributed by atoms with Crippen molar-refractivity contribution in [1.82, 2.24) is 20.5 Å². The minimum atomic E-state index is 0.00635. The molecule has 0 aliphatic carbocycles. The first-order valence-corrected chi connectivity index (χ1v) is 9.92. The van der Waals surface area contributed by atoms with Crippen LogP contribution in [0, 0.1) is 6.92 Å². The maximum absolute atomic E-state index is 11.8. The van der Waals surface area contributed by atoms with Crippen molar-refractivity contribution in [2.24, 2.45) is 4.99 Å². The van der Waals surface area contributed by atoms with Gasteiger partial charge in [0.05, 0.1) is 0 Å². The Labute approximate surface area is 163 Å². The van der Waals surface area contributed by atoms with Crippen LogP contribution in [0.3, 0.4) is 0 Å². The van der Waals surface area contributed by atoms with E-state index in [0.29, 0.717) is 6.04 Å². The van der Waals surface area contributed by atoms with E-state index in [0.717, 1.165) is 57.1 Å². The number of piperidine rings is 1. The summed E-state index contributed by atoms with van der Waals surface area (Å²) in [5.74, 6) is 1.79. The van der Waals surface area contributed by atoms with Crippen LogP contribution in [-0.4, -0.2) is 68.1 Å². The number of carbonyl (C=O) groups is 1. The lowest BCUT2D eigenvalue weighted by Crippen LogP contribution is -2.49. The van der Waals surface area contributed by atoms with Crippen LogP contribution in [0.15, 0.2) is 23.3 Å². The lowest BCUT2D eigenvalue weighted by Gasteiger charge is -2.34. The second-order valence-corrected chi connectivity index (χ2v) is 7.33. The van der Waals surface area contributed by atoms with Crippen LogP contribution in [0.1, 0.15) is 38.2 Å². The molecule has 2 N–H and O–H groups in total. The normalized spacial score (nSPS) is 15.6. The molecule has 1 aliphatic heterocycles. The second-order valence-electron chi connectivity index (χ2n) is 7.33. The fourth-order valence-corrected chi connectivity index (χ4v) is 2.92. The molecule has 0 bridgehead atoms.